The molecule has 616 valence electrons. The Morgan fingerprint density at radius 3 is 1.00 bits per heavy atom. The first-order valence-corrected chi connectivity index (χ1v) is 41.9. The quantitative estimate of drug-likeness (QED) is 0.00914. The van der Waals surface area contributed by atoms with Crippen molar-refractivity contribution in [3.63, 3.8) is 0 Å². The first kappa shape index (κ1) is 101. The van der Waals surface area contributed by atoms with Crippen molar-refractivity contribution in [2.75, 3.05) is 38.4 Å². The number of aliphatic hydroxyl groups excluding tert-OH is 2. The van der Waals surface area contributed by atoms with Gasteiger partial charge in [-0.2, -0.15) is 0 Å². The van der Waals surface area contributed by atoms with Crippen LogP contribution in [-0.2, 0) is 68.4 Å². The third-order valence-corrected chi connectivity index (χ3v) is 18.0. The zero-order valence-corrected chi connectivity index (χ0v) is 71.8. The number of hydrogen-bond acceptors (Lipinski definition) is 16. The molecule has 0 aliphatic rings. The van der Waals surface area contributed by atoms with Gasteiger partial charge in [0.1, 0.15) is 22.4 Å². The predicted molar refractivity (Wildman–Crippen MR) is 457 cm³/mol. The number of nitrogens with two attached hydrogens (primary N) is 1. The molecule has 0 amide bonds. The van der Waals surface area contributed by atoms with Gasteiger partial charge in [0.2, 0.25) is 0 Å². The van der Waals surface area contributed by atoms with Gasteiger partial charge in [0, 0.05) is 38.9 Å². The summed E-state index contributed by atoms with van der Waals surface area (Å²) in [5, 5.41) is 33.2. The van der Waals surface area contributed by atoms with Crippen LogP contribution in [0.1, 0.15) is 304 Å². The van der Waals surface area contributed by atoms with E-state index < -0.39 is 23.1 Å². The standard InChI is InChI=1S/C25H34O4.C24H32O4.C13H12O2.C12H23IO2.C12H24O3.C6H15NO/c1-25(2,3)29-23(26)18-9-7-5-6-8-16-22(24(27)28-4)21-17-12-14-19-13-10-11-15-20(19)21;1-24(2,3)28-22(25)17-8-6-4-5-7-15-21(23(26)27)20-16-11-13-18-12-9-10-14-19(18)20;1-15-13(14)9-11-7-4-6-10-5-2-3-8-12(10)11;2*1-12(2,3)15-11(14)9-7-5-4-6-8-10-13;7-5-3-1-2-4-6-8/h10-15,17,22H,5-9,16,18H2,1-4H3;9-14,16,21H,4-8,15,17H2,1-3H3,(H,26,27);2-8H,9H2,1H3;4-10H2,1-3H3;13H,4-10H2,1-3H3;8H,1-7H2. The minimum atomic E-state index is -0.763. The molecule has 0 aliphatic heterocycles. The molecule has 0 aliphatic carbocycles. The molecule has 0 saturated carbocycles. The highest BCUT2D eigenvalue weighted by Gasteiger charge is 2.25. The Hall–Kier alpha value is -7.00. The van der Waals surface area contributed by atoms with Gasteiger partial charge < -0.3 is 49.5 Å². The van der Waals surface area contributed by atoms with E-state index in [2.05, 4.69) is 45.5 Å². The zero-order chi connectivity index (χ0) is 82.2. The van der Waals surface area contributed by atoms with Crippen LogP contribution in [0, 0.1) is 0 Å². The van der Waals surface area contributed by atoms with Gasteiger partial charge in [-0.15, -0.1) is 0 Å². The number of aliphatic hydroxyl groups is 2. The molecule has 110 heavy (non-hydrogen) atoms. The molecule has 2 atom stereocenters. The van der Waals surface area contributed by atoms with E-state index in [4.69, 9.17) is 39.6 Å². The van der Waals surface area contributed by atoms with Crippen LogP contribution in [0.5, 0.6) is 0 Å². The van der Waals surface area contributed by atoms with Crippen LogP contribution in [0.2, 0.25) is 0 Å². The zero-order valence-electron chi connectivity index (χ0n) is 69.6. The van der Waals surface area contributed by atoms with Crippen molar-refractivity contribution >= 4 is 96.7 Å². The molecule has 18 heteroatoms. The molecule has 2 unspecified atom stereocenters. The summed E-state index contributed by atoms with van der Waals surface area (Å²) in [4.78, 5) is 81.5. The first-order chi connectivity index (χ1) is 52.2. The van der Waals surface area contributed by atoms with Crippen molar-refractivity contribution in [3.8, 4) is 0 Å². The van der Waals surface area contributed by atoms with E-state index in [1.165, 1.54) is 37.9 Å². The normalized spacial score (nSPS) is 11.8. The van der Waals surface area contributed by atoms with E-state index in [9.17, 15) is 38.7 Å². The lowest BCUT2D eigenvalue weighted by molar-refractivity contribution is -0.156. The van der Waals surface area contributed by atoms with Crippen LogP contribution in [0.3, 0.4) is 0 Å². The lowest BCUT2D eigenvalue weighted by atomic mass is 9.89. The molecule has 0 saturated heterocycles. The number of esters is 6. The monoisotopic (exact) mass is 1640 g/mol. The SMILES string of the molecule is CC(C)(C)OC(=O)CCCCCCCC(C(=O)O)c1cccc2ccccc12.CC(C)(C)OC(=O)CCCCCCCI.CC(C)(C)OC(=O)CCCCCCCO.COC(=O)C(CCCCCCCC(=O)OC(C)(C)C)c1cccc2ccccc12.COC(=O)Cc1cccc2ccccc12.NCCCCCCO. The minimum Gasteiger partial charge on any atom is -0.481 e. The lowest BCUT2D eigenvalue weighted by Gasteiger charge is -2.19. The van der Waals surface area contributed by atoms with Gasteiger partial charge >= 0.3 is 41.8 Å². The average Bonchev–Trinajstić information content (AvgIpc) is 0.817. The van der Waals surface area contributed by atoms with Gasteiger partial charge in [-0.05, 0) is 207 Å². The van der Waals surface area contributed by atoms with Crippen molar-refractivity contribution < 1.29 is 77.3 Å². The van der Waals surface area contributed by atoms with Crippen LogP contribution < -0.4 is 5.73 Å². The number of alkyl halides is 1. The Balaban J connectivity index is 0.000000691. The summed E-state index contributed by atoms with van der Waals surface area (Å²) < 4.78 is 32.0. The number of rotatable bonds is 41. The van der Waals surface area contributed by atoms with E-state index in [0.717, 1.165) is 197 Å². The number of methoxy groups -OCH3 is 2. The van der Waals surface area contributed by atoms with Gasteiger partial charge in [-0.3, -0.25) is 33.6 Å². The molecule has 0 spiro atoms. The average molecular weight is 1640 g/mol. The maximum atomic E-state index is 12.4. The van der Waals surface area contributed by atoms with E-state index >= 15 is 0 Å². The molecule has 0 radical (unpaired) electrons. The molecule has 0 aromatic heterocycles. The van der Waals surface area contributed by atoms with Crippen LogP contribution in [0.25, 0.3) is 32.3 Å². The van der Waals surface area contributed by atoms with Crippen molar-refractivity contribution in [2.24, 2.45) is 5.73 Å². The number of fused-ring (bicyclic) bond motifs is 3. The second-order valence-electron chi connectivity index (χ2n) is 31.8. The van der Waals surface area contributed by atoms with Crippen LogP contribution in [0.4, 0.5) is 0 Å². The van der Waals surface area contributed by atoms with Gasteiger partial charge in [0.15, 0.2) is 0 Å². The Kier molecular flexibility index (Phi) is 54.0. The fourth-order valence-electron chi connectivity index (χ4n) is 12.0. The Bertz CT molecular complexity index is 3440. The van der Waals surface area contributed by atoms with E-state index in [0.29, 0.717) is 45.1 Å². The molecular formula is C92H140INO16. The molecule has 0 bridgehead atoms. The van der Waals surface area contributed by atoms with Gasteiger partial charge in [-0.1, -0.05) is 253 Å². The summed E-state index contributed by atoms with van der Waals surface area (Å²) in [6.45, 7) is 24.0. The molecule has 0 fully saturated rings. The van der Waals surface area contributed by atoms with E-state index in [1.54, 1.807) is 0 Å². The maximum Gasteiger partial charge on any atom is 0.313 e. The molecule has 0 heterocycles. The predicted octanol–water partition coefficient (Wildman–Crippen LogP) is 22.1. The van der Waals surface area contributed by atoms with Crippen LogP contribution >= 0.6 is 22.6 Å². The number of benzene rings is 6. The number of carboxylic acids is 1. The van der Waals surface area contributed by atoms with Crippen molar-refractivity contribution in [3.05, 3.63) is 144 Å². The minimum absolute atomic E-state index is 0.0589. The number of ether oxygens (including phenoxy) is 6. The highest BCUT2D eigenvalue weighted by atomic mass is 127. The Morgan fingerprint density at radius 2 is 0.655 bits per heavy atom. The molecule has 6 rings (SSSR count). The van der Waals surface area contributed by atoms with Crippen LogP contribution in [0.15, 0.2) is 127 Å². The van der Waals surface area contributed by atoms with Gasteiger partial charge in [-0.25, -0.2) is 0 Å². The first-order valence-electron chi connectivity index (χ1n) is 40.4. The third-order valence-electron chi connectivity index (χ3n) is 17.2. The lowest BCUT2D eigenvalue weighted by Crippen LogP contribution is -2.23. The summed E-state index contributed by atoms with van der Waals surface area (Å²) in [5.74, 6) is -2.30. The summed E-state index contributed by atoms with van der Waals surface area (Å²) in [5.41, 5.74) is 6.66. The molecule has 17 nitrogen and oxygen atoms in total. The Morgan fingerprint density at radius 1 is 0.355 bits per heavy atom. The number of carboxylic acid groups (broad SMARTS) is 1. The van der Waals surface area contributed by atoms with Crippen molar-refractivity contribution in [2.45, 2.75) is 316 Å². The van der Waals surface area contributed by atoms with Crippen LogP contribution in [-0.4, -0.2) is 118 Å². The van der Waals surface area contributed by atoms with Crippen molar-refractivity contribution in [1.82, 2.24) is 0 Å². The van der Waals surface area contributed by atoms with E-state index in [1.807, 2.05) is 192 Å². The maximum absolute atomic E-state index is 12.4. The van der Waals surface area contributed by atoms with Gasteiger partial charge in [0.25, 0.3) is 0 Å². The number of carbonyl (C=O) groups is 7. The van der Waals surface area contributed by atoms with E-state index in [-0.39, 0.29) is 59.5 Å². The molecule has 6 aromatic carbocycles. The van der Waals surface area contributed by atoms with Gasteiger partial charge in [0.05, 0.1) is 32.5 Å². The van der Waals surface area contributed by atoms with Crippen molar-refractivity contribution in [1.29, 1.82) is 0 Å². The highest BCUT2D eigenvalue weighted by Crippen LogP contribution is 2.33. The topological polar surface area (TPSA) is 262 Å². The fraction of sp³-hybridized carbons (Fsp3) is 0.598. The summed E-state index contributed by atoms with van der Waals surface area (Å²) in [6.07, 6.45) is 28.4. The number of halogens is 1. The molecule has 5 N–H and O–H groups in total. The highest BCUT2D eigenvalue weighted by molar-refractivity contribution is 14.1. The summed E-state index contributed by atoms with van der Waals surface area (Å²) in [7, 11) is 2.87. The Labute approximate surface area is 674 Å². The number of hydrogen-bond donors (Lipinski definition) is 4. The smallest absolute Gasteiger partial charge is 0.313 e. The largest absolute Gasteiger partial charge is 0.481 e. The summed E-state index contributed by atoms with van der Waals surface area (Å²) in [6, 6.07) is 42.1. The number of unbranched alkanes of at least 4 members (excludes halogenated alkanes) is 19. The number of aliphatic carboxylic acids is 1. The fourth-order valence-corrected chi connectivity index (χ4v) is 12.6. The molecular weight excluding hydrogens is 1500 g/mol. The second kappa shape index (κ2) is 58.8. The molecule has 6 aromatic rings. The third kappa shape index (κ3) is 50.8. The summed E-state index contributed by atoms with van der Waals surface area (Å²) >= 11 is 2.40. The second-order valence-corrected chi connectivity index (χ2v) is 32.9. The number of carbonyl (C=O) groups excluding carboxylic acids is 6.